The van der Waals surface area contributed by atoms with Crippen LogP contribution in [0.1, 0.15) is 56.2 Å². The minimum atomic E-state index is 0.112. The van der Waals surface area contributed by atoms with Crippen LogP contribution in [0, 0.1) is 0 Å². The molecule has 1 saturated heterocycles. The molecule has 110 valence electrons. The monoisotopic (exact) mass is 278 g/mol. The largest absolute Gasteiger partial charge is 0.355 e. The first-order valence-corrected chi connectivity index (χ1v) is 7.64. The van der Waals surface area contributed by atoms with E-state index in [0.29, 0.717) is 30.7 Å². The zero-order valence-corrected chi connectivity index (χ0v) is 11.7. The third-order valence-electron chi connectivity index (χ3n) is 3.93. The maximum Gasteiger partial charge on any atom is 0.226 e. The van der Waals surface area contributed by atoms with E-state index in [1.807, 2.05) is 0 Å². The number of amides is 1. The highest BCUT2D eigenvalue weighted by Gasteiger charge is 2.28. The van der Waals surface area contributed by atoms with Gasteiger partial charge in [0.05, 0.1) is 0 Å². The Balaban J connectivity index is 1.30. The molecule has 1 saturated carbocycles. The standard InChI is InChI=1S/C14H22N4O2/c19-12(16-9-11-3-2-8-15-11)4-1-5-13-17-14(18-20-13)10-6-7-10/h10-11,15H,1-9H2,(H,16,19). The minimum Gasteiger partial charge on any atom is -0.355 e. The minimum absolute atomic E-state index is 0.112. The third kappa shape index (κ3) is 3.79. The predicted octanol–water partition coefficient (Wildman–Crippen LogP) is 1.14. The number of hydrogen-bond acceptors (Lipinski definition) is 5. The lowest BCUT2D eigenvalue weighted by atomic mass is 10.2. The van der Waals surface area contributed by atoms with E-state index in [1.54, 1.807) is 0 Å². The molecule has 3 rings (SSSR count). The van der Waals surface area contributed by atoms with Crippen LogP contribution in [0.25, 0.3) is 0 Å². The fraction of sp³-hybridized carbons (Fsp3) is 0.786. The number of hydrogen-bond donors (Lipinski definition) is 2. The van der Waals surface area contributed by atoms with Gasteiger partial charge in [-0.15, -0.1) is 0 Å². The Hall–Kier alpha value is -1.43. The summed E-state index contributed by atoms with van der Waals surface area (Å²) in [6.45, 7) is 1.81. The van der Waals surface area contributed by atoms with Gasteiger partial charge in [-0.1, -0.05) is 5.16 Å². The number of aromatic nitrogens is 2. The summed E-state index contributed by atoms with van der Waals surface area (Å²) in [5, 5.41) is 10.3. The van der Waals surface area contributed by atoms with Crippen LogP contribution in [-0.4, -0.2) is 35.2 Å². The van der Waals surface area contributed by atoms with E-state index in [0.717, 1.165) is 31.8 Å². The molecular weight excluding hydrogens is 256 g/mol. The van der Waals surface area contributed by atoms with Crippen molar-refractivity contribution in [2.24, 2.45) is 0 Å². The second-order valence-corrected chi connectivity index (χ2v) is 5.77. The second-order valence-electron chi connectivity index (χ2n) is 5.77. The van der Waals surface area contributed by atoms with Crippen LogP contribution in [0.15, 0.2) is 4.52 Å². The lowest BCUT2D eigenvalue weighted by Crippen LogP contribution is -2.37. The van der Waals surface area contributed by atoms with Gasteiger partial charge in [0.1, 0.15) is 0 Å². The first kappa shape index (κ1) is 13.5. The van der Waals surface area contributed by atoms with Crippen molar-refractivity contribution < 1.29 is 9.32 Å². The van der Waals surface area contributed by atoms with Crippen molar-refractivity contribution >= 4 is 5.91 Å². The van der Waals surface area contributed by atoms with Gasteiger partial charge in [0.25, 0.3) is 0 Å². The molecule has 1 unspecified atom stereocenters. The van der Waals surface area contributed by atoms with Gasteiger partial charge in [0.15, 0.2) is 5.82 Å². The maximum atomic E-state index is 11.7. The molecule has 0 spiro atoms. The molecule has 1 atom stereocenters. The molecule has 0 radical (unpaired) electrons. The van der Waals surface area contributed by atoms with E-state index < -0.39 is 0 Å². The van der Waals surface area contributed by atoms with Crippen molar-refractivity contribution in [1.29, 1.82) is 0 Å². The molecule has 1 aliphatic carbocycles. The summed E-state index contributed by atoms with van der Waals surface area (Å²) in [5.41, 5.74) is 0. The van der Waals surface area contributed by atoms with E-state index in [4.69, 9.17) is 4.52 Å². The summed E-state index contributed by atoms with van der Waals surface area (Å²) in [4.78, 5) is 16.1. The van der Waals surface area contributed by atoms with E-state index in [-0.39, 0.29) is 5.91 Å². The zero-order valence-electron chi connectivity index (χ0n) is 11.7. The van der Waals surface area contributed by atoms with E-state index in [1.165, 1.54) is 19.3 Å². The lowest BCUT2D eigenvalue weighted by molar-refractivity contribution is -0.121. The van der Waals surface area contributed by atoms with Crippen LogP contribution in [-0.2, 0) is 11.2 Å². The molecule has 1 aliphatic heterocycles. The molecule has 1 amide bonds. The van der Waals surface area contributed by atoms with Crippen molar-refractivity contribution in [1.82, 2.24) is 20.8 Å². The van der Waals surface area contributed by atoms with Crippen molar-refractivity contribution in [3.63, 3.8) is 0 Å². The highest BCUT2D eigenvalue weighted by Crippen LogP contribution is 2.38. The number of aryl methyl sites for hydroxylation is 1. The van der Waals surface area contributed by atoms with E-state index >= 15 is 0 Å². The first-order chi connectivity index (χ1) is 9.81. The summed E-state index contributed by atoms with van der Waals surface area (Å²) in [5.74, 6) is 2.14. The lowest BCUT2D eigenvalue weighted by Gasteiger charge is -2.10. The topological polar surface area (TPSA) is 80.0 Å². The molecule has 6 heteroatoms. The fourth-order valence-electron chi connectivity index (χ4n) is 2.53. The normalized spacial score (nSPS) is 22.1. The van der Waals surface area contributed by atoms with Crippen molar-refractivity contribution in [3.8, 4) is 0 Å². The molecule has 0 bridgehead atoms. The highest BCUT2D eigenvalue weighted by molar-refractivity contribution is 5.75. The van der Waals surface area contributed by atoms with Gasteiger partial charge in [0.2, 0.25) is 11.8 Å². The number of nitrogens with zero attached hydrogens (tertiary/aromatic N) is 2. The number of rotatable bonds is 7. The molecule has 1 aromatic heterocycles. The Labute approximate surface area is 118 Å². The molecule has 2 aliphatic rings. The summed E-state index contributed by atoms with van der Waals surface area (Å²) in [7, 11) is 0. The Bertz CT molecular complexity index is 450. The van der Waals surface area contributed by atoms with Gasteiger partial charge in [-0.05, 0) is 38.6 Å². The van der Waals surface area contributed by atoms with Crippen LogP contribution in [0.5, 0.6) is 0 Å². The number of nitrogens with one attached hydrogen (secondary N) is 2. The van der Waals surface area contributed by atoms with Gasteiger partial charge < -0.3 is 15.2 Å². The SMILES string of the molecule is O=C(CCCc1nc(C2CC2)no1)NCC1CCCN1. The second kappa shape index (κ2) is 6.35. The molecule has 20 heavy (non-hydrogen) atoms. The first-order valence-electron chi connectivity index (χ1n) is 7.64. The molecule has 2 heterocycles. The fourth-order valence-corrected chi connectivity index (χ4v) is 2.53. The van der Waals surface area contributed by atoms with Crippen LogP contribution in [0.2, 0.25) is 0 Å². The van der Waals surface area contributed by atoms with Gasteiger partial charge in [-0.2, -0.15) is 4.98 Å². The Morgan fingerprint density at radius 3 is 3.05 bits per heavy atom. The average Bonchev–Trinajstić information content (AvgIpc) is 2.99. The Morgan fingerprint density at radius 1 is 1.40 bits per heavy atom. The molecule has 1 aromatic rings. The molecular formula is C14H22N4O2. The van der Waals surface area contributed by atoms with Crippen molar-refractivity contribution in [2.75, 3.05) is 13.1 Å². The molecule has 6 nitrogen and oxygen atoms in total. The smallest absolute Gasteiger partial charge is 0.226 e. The van der Waals surface area contributed by atoms with Crippen LogP contribution in [0.3, 0.4) is 0 Å². The number of carbonyl (C=O) groups is 1. The molecule has 2 N–H and O–H groups in total. The van der Waals surface area contributed by atoms with E-state index in [9.17, 15) is 4.79 Å². The van der Waals surface area contributed by atoms with Gasteiger partial charge in [-0.3, -0.25) is 4.79 Å². The molecule has 0 aromatic carbocycles. The summed E-state index contributed by atoms with van der Waals surface area (Å²) in [6.07, 6.45) is 6.69. The van der Waals surface area contributed by atoms with E-state index in [2.05, 4.69) is 20.8 Å². The maximum absolute atomic E-state index is 11.7. The third-order valence-corrected chi connectivity index (χ3v) is 3.93. The Kier molecular flexibility index (Phi) is 4.30. The van der Waals surface area contributed by atoms with Gasteiger partial charge in [0, 0.05) is 31.3 Å². The molecule has 2 fully saturated rings. The van der Waals surface area contributed by atoms with Crippen LogP contribution in [0.4, 0.5) is 0 Å². The van der Waals surface area contributed by atoms with Crippen molar-refractivity contribution in [2.45, 2.75) is 56.9 Å². The summed E-state index contributed by atoms with van der Waals surface area (Å²) in [6, 6.07) is 0.455. The predicted molar refractivity (Wildman–Crippen MR) is 73.2 cm³/mol. The zero-order chi connectivity index (χ0) is 13.8. The van der Waals surface area contributed by atoms with Crippen LogP contribution >= 0.6 is 0 Å². The number of carbonyl (C=O) groups excluding carboxylic acids is 1. The highest BCUT2D eigenvalue weighted by atomic mass is 16.5. The van der Waals surface area contributed by atoms with Crippen LogP contribution < -0.4 is 10.6 Å². The summed E-state index contributed by atoms with van der Waals surface area (Å²) >= 11 is 0. The van der Waals surface area contributed by atoms with Gasteiger partial charge >= 0.3 is 0 Å². The van der Waals surface area contributed by atoms with Crippen molar-refractivity contribution in [3.05, 3.63) is 11.7 Å². The Morgan fingerprint density at radius 2 is 2.30 bits per heavy atom. The quantitative estimate of drug-likeness (QED) is 0.781. The average molecular weight is 278 g/mol. The van der Waals surface area contributed by atoms with Gasteiger partial charge in [-0.25, -0.2) is 0 Å². The summed E-state index contributed by atoms with van der Waals surface area (Å²) < 4.78 is 5.19.